The largest absolute Gasteiger partial charge is 0.322 e. The Labute approximate surface area is 123 Å². The molecule has 0 aliphatic heterocycles. The Morgan fingerprint density at radius 3 is 2.43 bits per heavy atom. The standard InChI is InChI=1S/C17H15N3O/c21-17(19-16-5-2-1-3-6-16)15-9-7-14(8-10-15)13-20-12-4-11-18-20/h1-12H,13H2,(H,19,21). The topological polar surface area (TPSA) is 46.9 Å². The Hall–Kier alpha value is -2.88. The summed E-state index contributed by atoms with van der Waals surface area (Å²) < 4.78 is 1.85. The number of carbonyl (C=O) groups is 1. The molecular weight excluding hydrogens is 262 g/mol. The van der Waals surface area contributed by atoms with Gasteiger partial charge >= 0.3 is 0 Å². The lowest BCUT2D eigenvalue weighted by Gasteiger charge is -2.06. The normalized spacial score (nSPS) is 10.3. The molecule has 1 amide bonds. The number of rotatable bonds is 4. The average Bonchev–Trinajstić information content (AvgIpc) is 3.02. The smallest absolute Gasteiger partial charge is 0.255 e. The number of hydrogen-bond donors (Lipinski definition) is 1. The van der Waals surface area contributed by atoms with Crippen molar-refractivity contribution in [2.45, 2.75) is 6.54 Å². The number of aromatic nitrogens is 2. The zero-order valence-corrected chi connectivity index (χ0v) is 11.4. The third-order valence-electron chi connectivity index (χ3n) is 3.15. The molecule has 21 heavy (non-hydrogen) atoms. The van der Waals surface area contributed by atoms with Crippen LogP contribution in [0.15, 0.2) is 73.1 Å². The van der Waals surface area contributed by atoms with E-state index in [2.05, 4.69) is 10.4 Å². The van der Waals surface area contributed by atoms with E-state index in [4.69, 9.17) is 0 Å². The number of carbonyl (C=O) groups excluding carboxylic acids is 1. The number of para-hydroxylation sites is 1. The summed E-state index contributed by atoms with van der Waals surface area (Å²) in [4.78, 5) is 12.1. The van der Waals surface area contributed by atoms with Gasteiger partial charge in [-0.05, 0) is 35.9 Å². The van der Waals surface area contributed by atoms with Crippen LogP contribution in [-0.4, -0.2) is 15.7 Å². The van der Waals surface area contributed by atoms with Gasteiger partial charge in [0, 0.05) is 23.6 Å². The van der Waals surface area contributed by atoms with Crippen molar-refractivity contribution in [2.24, 2.45) is 0 Å². The molecule has 1 N–H and O–H groups in total. The molecule has 3 rings (SSSR count). The first kappa shape index (κ1) is 13.1. The molecule has 0 spiro atoms. The fourth-order valence-electron chi connectivity index (χ4n) is 2.07. The van der Waals surface area contributed by atoms with Crippen molar-refractivity contribution < 1.29 is 4.79 Å². The highest BCUT2D eigenvalue weighted by atomic mass is 16.1. The molecule has 4 nitrogen and oxygen atoms in total. The first-order chi connectivity index (χ1) is 10.3. The van der Waals surface area contributed by atoms with E-state index in [1.165, 1.54) is 0 Å². The van der Waals surface area contributed by atoms with E-state index in [0.29, 0.717) is 12.1 Å². The number of nitrogens with one attached hydrogen (secondary N) is 1. The third-order valence-corrected chi connectivity index (χ3v) is 3.15. The molecule has 4 heteroatoms. The second-order valence-corrected chi connectivity index (χ2v) is 4.72. The number of anilines is 1. The van der Waals surface area contributed by atoms with E-state index in [1.807, 2.05) is 71.5 Å². The molecule has 0 unspecified atom stereocenters. The number of amides is 1. The molecule has 1 heterocycles. The Balaban J connectivity index is 1.67. The van der Waals surface area contributed by atoms with Gasteiger partial charge in [0.1, 0.15) is 0 Å². The third kappa shape index (κ3) is 3.36. The van der Waals surface area contributed by atoms with Crippen molar-refractivity contribution in [3.05, 3.63) is 84.2 Å². The fourth-order valence-corrected chi connectivity index (χ4v) is 2.07. The van der Waals surface area contributed by atoms with Crippen LogP contribution in [0.5, 0.6) is 0 Å². The molecule has 0 aliphatic rings. The summed E-state index contributed by atoms with van der Waals surface area (Å²) in [5.74, 6) is -0.105. The summed E-state index contributed by atoms with van der Waals surface area (Å²) in [5.41, 5.74) is 2.54. The van der Waals surface area contributed by atoms with Gasteiger partial charge < -0.3 is 5.32 Å². The van der Waals surface area contributed by atoms with E-state index in [-0.39, 0.29) is 5.91 Å². The minimum absolute atomic E-state index is 0.105. The van der Waals surface area contributed by atoms with Crippen molar-refractivity contribution in [1.29, 1.82) is 0 Å². The van der Waals surface area contributed by atoms with E-state index in [1.54, 1.807) is 6.20 Å². The molecule has 2 aromatic carbocycles. The highest BCUT2D eigenvalue weighted by Gasteiger charge is 2.05. The highest BCUT2D eigenvalue weighted by Crippen LogP contribution is 2.10. The molecule has 0 saturated heterocycles. The molecule has 0 radical (unpaired) electrons. The second kappa shape index (κ2) is 6.05. The Kier molecular flexibility index (Phi) is 3.78. The molecule has 3 aromatic rings. The summed E-state index contributed by atoms with van der Waals surface area (Å²) in [6.07, 6.45) is 3.66. The van der Waals surface area contributed by atoms with E-state index in [9.17, 15) is 4.79 Å². The highest BCUT2D eigenvalue weighted by molar-refractivity contribution is 6.04. The van der Waals surface area contributed by atoms with Crippen LogP contribution < -0.4 is 5.32 Å². The lowest BCUT2D eigenvalue weighted by molar-refractivity contribution is 0.102. The summed E-state index contributed by atoms with van der Waals surface area (Å²) >= 11 is 0. The Morgan fingerprint density at radius 1 is 1.00 bits per heavy atom. The molecular formula is C17H15N3O. The first-order valence-electron chi connectivity index (χ1n) is 6.74. The van der Waals surface area contributed by atoms with Gasteiger partial charge in [-0.25, -0.2) is 0 Å². The predicted molar refractivity (Wildman–Crippen MR) is 82.2 cm³/mol. The average molecular weight is 277 g/mol. The molecule has 104 valence electrons. The lowest BCUT2D eigenvalue weighted by atomic mass is 10.1. The van der Waals surface area contributed by atoms with Crippen molar-refractivity contribution in [3.63, 3.8) is 0 Å². The zero-order chi connectivity index (χ0) is 14.5. The molecule has 0 fully saturated rings. The Morgan fingerprint density at radius 2 is 1.76 bits per heavy atom. The Bertz CT molecular complexity index is 704. The quantitative estimate of drug-likeness (QED) is 0.796. The van der Waals surface area contributed by atoms with Gasteiger partial charge in [-0.2, -0.15) is 5.10 Å². The van der Waals surface area contributed by atoms with Crippen LogP contribution >= 0.6 is 0 Å². The van der Waals surface area contributed by atoms with Gasteiger partial charge in [0.2, 0.25) is 0 Å². The minimum Gasteiger partial charge on any atom is -0.322 e. The number of nitrogens with zero attached hydrogens (tertiary/aromatic N) is 2. The van der Waals surface area contributed by atoms with Crippen molar-refractivity contribution >= 4 is 11.6 Å². The number of hydrogen-bond acceptors (Lipinski definition) is 2. The molecule has 0 aliphatic carbocycles. The maximum absolute atomic E-state index is 12.1. The molecule has 0 saturated carbocycles. The van der Waals surface area contributed by atoms with Crippen molar-refractivity contribution in [2.75, 3.05) is 5.32 Å². The van der Waals surface area contributed by atoms with Gasteiger partial charge in [0.15, 0.2) is 0 Å². The molecule has 0 bridgehead atoms. The SMILES string of the molecule is O=C(Nc1ccccc1)c1ccc(Cn2cccn2)cc1. The molecule has 1 aromatic heterocycles. The fraction of sp³-hybridized carbons (Fsp3) is 0.0588. The predicted octanol–water partition coefficient (Wildman–Crippen LogP) is 3.18. The van der Waals surface area contributed by atoms with E-state index < -0.39 is 0 Å². The van der Waals surface area contributed by atoms with Gasteiger partial charge in [-0.1, -0.05) is 30.3 Å². The van der Waals surface area contributed by atoms with E-state index in [0.717, 1.165) is 11.3 Å². The first-order valence-corrected chi connectivity index (χ1v) is 6.74. The van der Waals surface area contributed by atoms with E-state index >= 15 is 0 Å². The van der Waals surface area contributed by atoms with Crippen molar-refractivity contribution in [1.82, 2.24) is 9.78 Å². The monoisotopic (exact) mass is 277 g/mol. The summed E-state index contributed by atoms with van der Waals surface area (Å²) in [7, 11) is 0. The number of benzene rings is 2. The van der Waals surface area contributed by atoms with Crippen LogP contribution in [0.4, 0.5) is 5.69 Å². The summed E-state index contributed by atoms with van der Waals surface area (Å²) in [5, 5.41) is 7.03. The van der Waals surface area contributed by atoms with Crippen LogP contribution in [0, 0.1) is 0 Å². The van der Waals surface area contributed by atoms with Crippen molar-refractivity contribution in [3.8, 4) is 0 Å². The van der Waals surface area contributed by atoms with Crippen LogP contribution in [0.3, 0.4) is 0 Å². The van der Waals surface area contributed by atoms with Crippen LogP contribution in [0.1, 0.15) is 15.9 Å². The lowest BCUT2D eigenvalue weighted by Crippen LogP contribution is -2.11. The minimum atomic E-state index is -0.105. The second-order valence-electron chi connectivity index (χ2n) is 4.72. The summed E-state index contributed by atoms with van der Waals surface area (Å²) in [6, 6.07) is 18.9. The van der Waals surface area contributed by atoms with Crippen LogP contribution in [0.25, 0.3) is 0 Å². The van der Waals surface area contributed by atoms with Crippen LogP contribution in [-0.2, 0) is 6.54 Å². The summed E-state index contributed by atoms with van der Waals surface area (Å²) in [6.45, 7) is 0.702. The van der Waals surface area contributed by atoms with Gasteiger partial charge in [0.05, 0.1) is 6.54 Å². The molecule has 0 atom stereocenters. The van der Waals surface area contributed by atoms with Crippen LogP contribution in [0.2, 0.25) is 0 Å². The zero-order valence-electron chi connectivity index (χ0n) is 11.4. The maximum Gasteiger partial charge on any atom is 0.255 e. The van der Waals surface area contributed by atoms with Gasteiger partial charge in [-0.15, -0.1) is 0 Å². The maximum atomic E-state index is 12.1. The van der Waals surface area contributed by atoms with Gasteiger partial charge in [-0.3, -0.25) is 9.48 Å². The van der Waals surface area contributed by atoms with Gasteiger partial charge in [0.25, 0.3) is 5.91 Å².